The van der Waals surface area contributed by atoms with E-state index in [0.29, 0.717) is 12.2 Å². The maximum atomic E-state index is 11.7. The molecule has 0 aliphatic rings. The Morgan fingerprint density at radius 1 is 1.39 bits per heavy atom. The number of rotatable bonds is 3. The average Bonchev–Trinajstić information content (AvgIpc) is 2.87. The SMILES string of the molecule is CN(C)C(=O)c1ccn(-c2ccc(CN)nc2)n1. The molecule has 94 valence electrons. The van der Waals surface area contributed by atoms with Crippen molar-refractivity contribution in [2.45, 2.75) is 6.54 Å². The van der Waals surface area contributed by atoms with Crippen molar-refractivity contribution in [3.8, 4) is 5.69 Å². The maximum absolute atomic E-state index is 11.7. The summed E-state index contributed by atoms with van der Waals surface area (Å²) in [7, 11) is 3.39. The molecule has 0 unspecified atom stereocenters. The molecule has 2 aromatic heterocycles. The number of hydrogen-bond donors (Lipinski definition) is 1. The second kappa shape index (κ2) is 4.97. The molecular formula is C12H15N5O. The molecule has 2 N–H and O–H groups in total. The summed E-state index contributed by atoms with van der Waals surface area (Å²) < 4.78 is 1.62. The van der Waals surface area contributed by atoms with Gasteiger partial charge in [-0.05, 0) is 18.2 Å². The molecule has 2 aromatic rings. The minimum absolute atomic E-state index is 0.125. The highest BCUT2D eigenvalue weighted by atomic mass is 16.2. The number of pyridine rings is 1. The average molecular weight is 245 g/mol. The van der Waals surface area contributed by atoms with Crippen LogP contribution in [0.4, 0.5) is 0 Å². The molecule has 0 aliphatic heterocycles. The third-order valence-electron chi connectivity index (χ3n) is 2.50. The van der Waals surface area contributed by atoms with E-state index in [-0.39, 0.29) is 5.91 Å². The normalized spacial score (nSPS) is 10.4. The zero-order valence-electron chi connectivity index (χ0n) is 10.4. The Balaban J connectivity index is 2.26. The molecule has 0 saturated carbocycles. The quantitative estimate of drug-likeness (QED) is 0.850. The summed E-state index contributed by atoms with van der Waals surface area (Å²) in [4.78, 5) is 17.4. The molecule has 18 heavy (non-hydrogen) atoms. The van der Waals surface area contributed by atoms with E-state index in [4.69, 9.17) is 5.73 Å². The highest BCUT2D eigenvalue weighted by Gasteiger charge is 2.11. The lowest BCUT2D eigenvalue weighted by Gasteiger charge is -2.07. The van der Waals surface area contributed by atoms with E-state index in [0.717, 1.165) is 11.4 Å². The Hall–Kier alpha value is -2.21. The van der Waals surface area contributed by atoms with Crippen molar-refractivity contribution in [2.75, 3.05) is 14.1 Å². The summed E-state index contributed by atoms with van der Waals surface area (Å²) in [5, 5.41) is 4.21. The Labute approximate surface area is 105 Å². The van der Waals surface area contributed by atoms with Gasteiger partial charge in [-0.2, -0.15) is 5.10 Å². The van der Waals surface area contributed by atoms with Gasteiger partial charge in [0, 0.05) is 26.8 Å². The fourth-order valence-corrected chi connectivity index (χ4v) is 1.48. The number of hydrogen-bond acceptors (Lipinski definition) is 4. The van der Waals surface area contributed by atoms with Crippen molar-refractivity contribution in [2.24, 2.45) is 5.73 Å². The fourth-order valence-electron chi connectivity index (χ4n) is 1.48. The van der Waals surface area contributed by atoms with E-state index in [1.807, 2.05) is 12.1 Å². The Kier molecular flexibility index (Phi) is 3.38. The van der Waals surface area contributed by atoms with Crippen molar-refractivity contribution in [1.82, 2.24) is 19.7 Å². The van der Waals surface area contributed by atoms with Crippen LogP contribution in [0.1, 0.15) is 16.2 Å². The van der Waals surface area contributed by atoms with E-state index in [1.165, 1.54) is 4.90 Å². The largest absolute Gasteiger partial charge is 0.343 e. The second-order valence-corrected chi connectivity index (χ2v) is 4.06. The van der Waals surface area contributed by atoms with E-state index < -0.39 is 0 Å². The molecule has 0 saturated heterocycles. The summed E-state index contributed by atoms with van der Waals surface area (Å²) in [6, 6.07) is 5.38. The molecule has 6 heteroatoms. The second-order valence-electron chi connectivity index (χ2n) is 4.06. The molecule has 0 radical (unpaired) electrons. The lowest BCUT2D eigenvalue weighted by atomic mass is 10.3. The predicted octanol–water partition coefficient (Wildman–Crippen LogP) is 0.428. The third-order valence-corrected chi connectivity index (χ3v) is 2.50. The van der Waals surface area contributed by atoms with Gasteiger partial charge in [-0.25, -0.2) is 4.68 Å². The van der Waals surface area contributed by atoms with Crippen LogP contribution in [-0.4, -0.2) is 39.7 Å². The molecule has 0 bridgehead atoms. The van der Waals surface area contributed by atoms with Gasteiger partial charge in [-0.1, -0.05) is 0 Å². The number of aromatic nitrogens is 3. The van der Waals surface area contributed by atoms with Crippen molar-refractivity contribution in [3.05, 3.63) is 42.0 Å². The van der Waals surface area contributed by atoms with Crippen LogP contribution in [0.2, 0.25) is 0 Å². The van der Waals surface area contributed by atoms with Gasteiger partial charge in [0.15, 0.2) is 5.69 Å². The Morgan fingerprint density at radius 2 is 2.17 bits per heavy atom. The molecule has 6 nitrogen and oxygen atoms in total. The van der Waals surface area contributed by atoms with Crippen LogP contribution in [0.3, 0.4) is 0 Å². The number of nitrogens with two attached hydrogens (primary N) is 1. The first-order chi connectivity index (χ1) is 8.61. The summed E-state index contributed by atoms with van der Waals surface area (Å²) >= 11 is 0. The van der Waals surface area contributed by atoms with Crippen LogP contribution in [0.25, 0.3) is 5.69 Å². The Morgan fingerprint density at radius 3 is 2.72 bits per heavy atom. The molecule has 2 rings (SSSR count). The van der Waals surface area contributed by atoms with Gasteiger partial charge in [-0.3, -0.25) is 9.78 Å². The minimum Gasteiger partial charge on any atom is -0.343 e. The lowest BCUT2D eigenvalue weighted by molar-refractivity contribution is 0.0821. The van der Waals surface area contributed by atoms with E-state index in [1.54, 1.807) is 37.2 Å². The molecule has 0 spiro atoms. The zero-order chi connectivity index (χ0) is 13.1. The van der Waals surface area contributed by atoms with Gasteiger partial charge < -0.3 is 10.6 Å². The first kappa shape index (κ1) is 12.3. The minimum atomic E-state index is -0.125. The Bertz CT molecular complexity index is 544. The molecular weight excluding hydrogens is 230 g/mol. The summed E-state index contributed by atoms with van der Waals surface area (Å²) in [6.07, 6.45) is 3.41. The number of amides is 1. The van der Waals surface area contributed by atoms with Gasteiger partial charge in [0.1, 0.15) is 0 Å². The molecule has 0 aliphatic carbocycles. The van der Waals surface area contributed by atoms with Gasteiger partial charge >= 0.3 is 0 Å². The molecule has 1 amide bonds. The van der Waals surface area contributed by atoms with E-state index in [9.17, 15) is 4.79 Å². The zero-order valence-corrected chi connectivity index (χ0v) is 10.4. The van der Waals surface area contributed by atoms with Crippen molar-refractivity contribution in [3.63, 3.8) is 0 Å². The van der Waals surface area contributed by atoms with Crippen LogP contribution in [0.15, 0.2) is 30.6 Å². The smallest absolute Gasteiger partial charge is 0.273 e. The standard InChI is InChI=1S/C12H15N5O/c1-16(2)12(18)11-5-6-17(15-11)10-4-3-9(7-13)14-8-10/h3-6,8H,7,13H2,1-2H3. The first-order valence-electron chi connectivity index (χ1n) is 5.54. The molecule has 0 aromatic carbocycles. The van der Waals surface area contributed by atoms with Crippen LogP contribution in [0.5, 0.6) is 0 Å². The van der Waals surface area contributed by atoms with Crippen LogP contribution in [0, 0.1) is 0 Å². The highest BCUT2D eigenvalue weighted by molar-refractivity contribution is 5.91. The van der Waals surface area contributed by atoms with Gasteiger partial charge in [-0.15, -0.1) is 0 Å². The summed E-state index contributed by atoms with van der Waals surface area (Å²) in [6.45, 7) is 0.407. The predicted molar refractivity (Wildman–Crippen MR) is 67.3 cm³/mol. The topological polar surface area (TPSA) is 77.0 Å². The summed E-state index contributed by atoms with van der Waals surface area (Å²) in [5.41, 5.74) is 7.50. The maximum Gasteiger partial charge on any atom is 0.273 e. The van der Waals surface area contributed by atoms with Crippen LogP contribution in [-0.2, 0) is 6.54 Å². The lowest BCUT2D eigenvalue weighted by Crippen LogP contribution is -2.22. The highest BCUT2D eigenvalue weighted by Crippen LogP contribution is 2.08. The number of nitrogens with zero attached hydrogens (tertiary/aromatic N) is 4. The third kappa shape index (κ3) is 2.38. The van der Waals surface area contributed by atoms with Gasteiger partial charge in [0.25, 0.3) is 5.91 Å². The molecule has 0 fully saturated rings. The fraction of sp³-hybridized carbons (Fsp3) is 0.250. The number of carbonyl (C=O) groups is 1. The van der Waals surface area contributed by atoms with Crippen molar-refractivity contribution < 1.29 is 4.79 Å². The van der Waals surface area contributed by atoms with Crippen LogP contribution >= 0.6 is 0 Å². The van der Waals surface area contributed by atoms with E-state index in [2.05, 4.69) is 10.1 Å². The first-order valence-corrected chi connectivity index (χ1v) is 5.54. The van der Waals surface area contributed by atoms with Crippen molar-refractivity contribution in [1.29, 1.82) is 0 Å². The molecule has 2 heterocycles. The van der Waals surface area contributed by atoms with Gasteiger partial charge in [0.05, 0.1) is 17.6 Å². The van der Waals surface area contributed by atoms with Gasteiger partial charge in [0.2, 0.25) is 0 Å². The van der Waals surface area contributed by atoms with Crippen molar-refractivity contribution >= 4 is 5.91 Å². The van der Waals surface area contributed by atoms with Crippen LogP contribution < -0.4 is 5.73 Å². The van der Waals surface area contributed by atoms with E-state index >= 15 is 0 Å². The monoisotopic (exact) mass is 245 g/mol. The molecule has 0 atom stereocenters. The summed E-state index contributed by atoms with van der Waals surface area (Å²) in [5.74, 6) is -0.125. The number of carbonyl (C=O) groups excluding carboxylic acids is 1.